The highest BCUT2D eigenvalue weighted by Crippen LogP contribution is 2.12. The minimum absolute atomic E-state index is 0.0814. The average molecular weight is 264 g/mol. The molecule has 0 fully saturated rings. The van der Waals surface area contributed by atoms with Crippen molar-refractivity contribution in [3.63, 3.8) is 0 Å². The lowest BCUT2D eigenvalue weighted by Gasteiger charge is -2.02. The van der Waals surface area contributed by atoms with Crippen LogP contribution in [0.2, 0.25) is 0 Å². The molecule has 0 spiro atoms. The van der Waals surface area contributed by atoms with Gasteiger partial charge in [-0.05, 0) is 13.0 Å². The van der Waals surface area contributed by atoms with Gasteiger partial charge in [0.2, 0.25) is 0 Å². The van der Waals surface area contributed by atoms with Crippen LogP contribution in [0.15, 0.2) is 34.9 Å². The molecule has 19 heavy (non-hydrogen) atoms. The number of nitrogens with one attached hydrogen (secondary N) is 1. The minimum atomic E-state index is -0.551. The highest BCUT2D eigenvalue weighted by atomic mass is 19.1. The van der Waals surface area contributed by atoms with Gasteiger partial charge >= 0.3 is 5.97 Å². The molecule has 0 radical (unpaired) electrons. The topological polar surface area (TPSA) is 64.4 Å². The minimum Gasteiger partial charge on any atom is -0.461 e. The van der Waals surface area contributed by atoms with Crippen molar-refractivity contribution in [3.8, 4) is 0 Å². The van der Waals surface area contributed by atoms with Gasteiger partial charge in [0.15, 0.2) is 5.69 Å². The first-order valence-corrected chi connectivity index (χ1v) is 5.80. The third-order valence-electron chi connectivity index (χ3n) is 2.38. The van der Waals surface area contributed by atoms with E-state index in [0.717, 1.165) is 0 Å². The van der Waals surface area contributed by atoms with Crippen molar-refractivity contribution in [2.45, 2.75) is 13.5 Å². The van der Waals surface area contributed by atoms with Gasteiger partial charge in [0.1, 0.15) is 12.1 Å². The molecule has 5 nitrogen and oxygen atoms in total. The largest absolute Gasteiger partial charge is 0.461 e. The molecule has 2 aromatic rings. The van der Waals surface area contributed by atoms with E-state index in [1.54, 1.807) is 25.1 Å². The van der Waals surface area contributed by atoms with Gasteiger partial charge in [0.25, 0.3) is 6.01 Å². The Morgan fingerprint density at radius 1 is 1.47 bits per heavy atom. The number of aromatic nitrogens is 1. The van der Waals surface area contributed by atoms with Crippen molar-refractivity contribution < 1.29 is 18.3 Å². The third kappa shape index (κ3) is 3.31. The molecule has 0 aliphatic rings. The van der Waals surface area contributed by atoms with Crippen molar-refractivity contribution >= 4 is 12.0 Å². The molecule has 1 aromatic heterocycles. The fraction of sp³-hybridized carbons (Fsp3) is 0.231. The number of hydrogen-bond donors (Lipinski definition) is 1. The zero-order chi connectivity index (χ0) is 13.7. The Morgan fingerprint density at radius 2 is 2.26 bits per heavy atom. The number of esters is 1. The Hall–Kier alpha value is -2.37. The second-order valence-corrected chi connectivity index (χ2v) is 3.70. The number of hydrogen-bond acceptors (Lipinski definition) is 5. The van der Waals surface area contributed by atoms with Crippen LogP contribution in [0.25, 0.3) is 0 Å². The summed E-state index contributed by atoms with van der Waals surface area (Å²) in [5, 5.41) is 2.79. The van der Waals surface area contributed by atoms with E-state index in [2.05, 4.69) is 10.3 Å². The van der Waals surface area contributed by atoms with E-state index in [-0.39, 0.29) is 30.7 Å². The Bertz CT molecular complexity index is 569. The predicted molar refractivity (Wildman–Crippen MR) is 66.2 cm³/mol. The Kier molecular flexibility index (Phi) is 4.12. The summed E-state index contributed by atoms with van der Waals surface area (Å²) < 4.78 is 23.2. The van der Waals surface area contributed by atoms with E-state index in [1.165, 1.54) is 12.3 Å². The van der Waals surface area contributed by atoms with Crippen LogP contribution < -0.4 is 5.32 Å². The first-order chi connectivity index (χ1) is 9.20. The molecule has 0 saturated carbocycles. The number of carbonyl (C=O) groups is 1. The lowest BCUT2D eigenvalue weighted by molar-refractivity contribution is 0.0519. The van der Waals surface area contributed by atoms with Crippen LogP contribution >= 0.6 is 0 Å². The van der Waals surface area contributed by atoms with Gasteiger partial charge in [-0.25, -0.2) is 9.18 Å². The van der Waals surface area contributed by atoms with Crippen LogP contribution in [0.1, 0.15) is 23.0 Å². The van der Waals surface area contributed by atoms with Gasteiger partial charge in [-0.15, -0.1) is 0 Å². The summed E-state index contributed by atoms with van der Waals surface area (Å²) in [6, 6.07) is 6.52. The molecule has 1 heterocycles. The molecular formula is C13H13FN2O3. The standard InChI is InChI=1S/C13H13FN2O3/c1-2-18-12(17)11-8-19-13(16-11)15-7-9-5-3-4-6-10(9)14/h3-6,8H,2,7H2,1H3,(H,15,16). The number of nitrogens with zero attached hydrogens (tertiary/aromatic N) is 1. The average Bonchev–Trinajstić information content (AvgIpc) is 2.87. The molecule has 1 aromatic carbocycles. The number of anilines is 1. The van der Waals surface area contributed by atoms with Crippen LogP contribution in [0.5, 0.6) is 0 Å². The molecule has 6 heteroatoms. The molecule has 0 amide bonds. The Labute approximate surface area is 109 Å². The Morgan fingerprint density at radius 3 is 3.00 bits per heavy atom. The summed E-state index contributed by atoms with van der Waals surface area (Å²) in [5.74, 6) is -0.864. The molecule has 0 bridgehead atoms. The van der Waals surface area contributed by atoms with E-state index in [9.17, 15) is 9.18 Å². The van der Waals surface area contributed by atoms with Crippen molar-refractivity contribution in [1.29, 1.82) is 0 Å². The van der Waals surface area contributed by atoms with Crippen LogP contribution in [0.4, 0.5) is 10.4 Å². The van der Waals surface area contributed by atoms with Gasteiger partial charge in [0, 0.05) is 12.1 Å². The summed E-state index contributed by atoms with van der Waals surface area (Å²) in [6.07, 6.45) is 1.20. The van der Waals surface area contributed by atoms with Gasteiger partial charge in [0.05, 0.1) is 6.61 Å². The number of halogens is 1. The van der Waals surface area contributed by atoms with Gasteiger partial charge in [-0.2, -0.15) is 4.98 Å². The smallest absolute Gasteiger partial charge is 0.360 e. The van der Waals surface area contributed by atoms with Crippen molar-refractivity contribution in [2.24, 2.45) is 0 Å². The zero-order valence-corrected chi connectivity index (χ0v) is 10.4. The number of benzene rings is 1. The fourth-order valence-corrected chi connectivity index (χ4v) is 1.47. The molecule has 0 aliphatic heterocycles. The maximum Gasteiger partial charge on any atom is 0.360 e. The number of ether oxygens (including phenoxy) is 1. The first kappa shape index (κ1) is 13.1. The lowest BCUT2D eigenvalue weighted by atomic mass is 10.2. The van der Waals surface area contributed by atoms with Crippen LogP contribution in [-0.2, 0) is 11.3 Å². The Balaban J connectivity index is 1.97. The van der Waals surface area contributed by atoms with Crippen LogP contribution in [-0.4, -0.2) is 17.6 Å². The van der Waals surface area contributed by atoms with Crippen molar-refractivity contribution in [1.82, 2.24) is 4.98 Å². The summed E-state index contributed by atoms with van der Waals surface area (Å²) in [6.45, 7) is 2.19. The highest BCUT2D eigenvalue weighted by molar-refractivity contribution is 5.87. The normalized spacial score (nSPS) is 10.2. The quantitative estimate of drug-likeness (QED) is 0.841. The monoisotopic (exact) mass is 264 g/mol. The van der Waals surface area contributed by atoms with Gasteiger partial charge in [-0.3, -0.25) is 0 Å². The van der Waals surface area contributed by atoms with Crippen molar-refractivity contribution in [3.05, 3.63) is 47.6 Å². The number of oxazole rings is 1. The van der Waals surface area contributed by atoms with Crippen molar-refractivity contribution in [2.75, 3.05) is 11.9 Å². The molecule has 0 saturated heterocycles. The summed E-state index contributed by atoms with van der Waals surface area (Å²) in [7, 11) is 0. The molecule has 2 rings (SSSR count). The fourth-order valence-electron chi connectivity index (χ4n) is 1.47. The maximum absolute atomic E-state index is 13.4. The lowest BCUT2D eigenvalue weighted by Crippen LogP contribution is -2.06. The van der Waals surface area contributed by atoms with Gasteiger partial charge < -0.3 is 14.5 Å². The van der Waals surface area contributed by atoms with E-state index in [1.807, 2.05) is 0 Å². The predicted octanol–water partition coefficient (Wildman–Crippen LogP) is 2.60. The molecule has 0 unspecified atom stereocenters. The van der Waals surface area contributed by atoms with Crippen LogP contribution in [0.3, 0.4) is 0 Å². The van der Waals surface area contributed by atoms with Crippen LogP contribution in [0, 0.1) is 5.82 Å². The maximum atomic E-state index is 13.4. The number of carbonyl (C=O) groups excluding carboxylic acids is 1. The van der Waals surface area contributed by atoms with E-state index in [4.69, 9.17) is 9.15 Å². The summed E-state index contributed by atoms with van der Waals surface area (Å²) in [5.41, 5.74) is 0.566. The van der Waals surface area contributed by atoms with Gasteiger partial charge in [-0.1, -0.05) is 18.2 Å². The summed E-state index contributed by atoms with van der Waals surface area (Å²) >= 11 is 0. The summed E-state index contributed by atoms with van der Waals surface area (Å²) in [4.78, 5) is 15.3. The SMILES string of the molecule is CCOC(=O)c1coc(NCc2ccccc2F)n1. The molecule has 100 valence electrons. The number of rotatable bonds is 5. The highest BCUT2D eigenvalue weighted by Gasteiger charge is 2.13. The second kappa shape index (κ2) is 5.99. The molecule has 0 atom stereocenters. The molecular weight excluding hydrogens is 251 g/mol. The van der Waals surface area contributed by atoms with E-state index >= 15 is 0 Å². The van der Waals surface area contributed by atoms with E-state index < -0.39 is 5.97 Å². The van der Waals surface area contributed by atoms with E-state index in [0.29, 0.717) is 5.56 Å². The second-order valence-electron chi connectivity index (χ2n) is 3.70. The molecule has 1 N–H and O–H groups in total. The zero-order valence-electron chi connectivity index (χ0n) is 10.4. The third-order valence-corrected chi connectivity index (χ3v) is 2.38. The first-order valence-electron chi connectivity index (χ1n) is 5.80. The molecule has 0 aliphatic carbocycles.